The first-order chi connectivity index (χ1) is 14.0. The predicted molar refractivity (Wildman–Crippen MR) is 110 cm³/mol. The molecule has 1 spiro atoms. The summed E-state index contributed by atoms with van der Waals surface area (Å²) in [4.78, 5) is 32.6. The number of nitrogens with zero attached hydrogens (tertiary/aromatic N) is 2. The first kappa shape index (κ1) is 18.9. The Kier molecular flexibility index (Phi) is 4.53. The molecule has 0 aromatic carbocycles. The monoisotopic (exact) mass is 397 g/mol. The van der Waals surface area contributed by atoms with Crippen molar-refractivity contribution in [3.05, 3.63) is 23.9 Å². The van der Waals surface area contributed by atoms with Gasteiger partial charge in [-0.25, -0.2) is 4.98 Å². The van der Waals surface area contributed by atoms with Gasteiger partial charge in [-0.2, -0.15) is 0 Å². The zero-order valence-electron chi connectivity index (χ0n) is 17.2. The summed E-state index contributed by atoms with van der Waals surface area (Å²) < 4.78 is 0. The van der Waals surface area contributed by atoms with Crippen LogP contribution in [0, 0.1) is 17.3 Å². The average Bonchev–Trinajstić information content (AvgIpc) is 3.21. The van der Waals surface area contributed by atoms with Gasteiger partial charge >= 0.3 is 0 Å². The number of hydrogen-bond acceptors (Lipinski definition) is 5. The second kappa shape index (κ2) is 6.97. The number of anilines is 1. The summed E-state index contributed by atoms with van der Waals surface area (Å²) in [6.45, 7) is 6.21. The maximum atomic E-state index is 13.1. The Balaban J connectivity index is 1.28. The molecule has 1 aromatic heterocycles. The third kappa shape index (κ3) is 3.19. The minimum atomic E-state index is -0.488. The van der Waals surface area contributed by atoms with Crippen molar-refractivity contribution in [1.29, 1.82) is 0 Å². The Labute approximate surface area is 172 Å². The lowest BCUT2D eigenvalue weighted by atomic mass is 9.51. The number of carbonyl (C=O) groups is 2. The molecule has 3 aliphatic carbocycles. The van der Waals surface area contributed by atoms with Crippen molar-refractivity contribution in [2.45, 2.75) is 51.1 Å². The van der Waals surface area contributed by atoms with Crippen molar-refractivity contribution in [3.63, 3.8) is 0 Å². The van der Waals surface area contributed by atoms with Crippen LogP contribution in [-0.4, -0.2) is 53.5 Å². The number of hydrogen-bond donors (Lipinski definition) is 3. The van der Waals surface area contributed by atoms with Gasteiger partial charge in [0.2, 0.25) is 5.91 Å². The van der Waals surface area contributed by atoms with Crippen LogP contribution >= 0.6 is 0 Å². The molecule has 4 atom stereocenters. The van der Waals surface area contributed by atoms with E-state index in [1.807, 2.05) is 0 Å². The Bertz CT molecular complexity index is 823. The highest BCUT2D eigenvalue weighted by molar-refractivity contribution is 6.01. The van der Waals surface area contributed by atoms with E-state index < -0.39 is 5.66 Å². The molecule has 3 heterocycles. The van der Waals surface area contributed by atoms with E-state index in [9.17, 15) is 9.59 Å². The van der Waals surface area contributed by atoms with Gasteiger partial charge in [0.15, 0.2) is 0 Å². The number of carbonyl (C=O) groups excluding carboxylic acids is 2. The molecule has 5 aliphatic rings. The fourth-order valence-electron chi connectivity index (χ4n) is 6.19. The Hall–Kier alpha value is -2.15. The molecule has 156 valence electrons. The maximum Gasteiger partial charge on any atom is 0.256 e. The first-order valence-electron chi connectivity index (χ1n) is 11.0. The number of amides is 2. The second-order valence-corrected chi connectivity index (χ2v) is 9.64. The SMILES string of the molecule is C[C@]12CC[C@@H](C[C@@H]1C(=O)NCCN1CCCC1)[C@]1(C2)NC(=O)c2cccnc2N1. The van der Waals surface area contributed by atoms with E-state index in [0.29, 0.717) is 11.4 Å². The van der Waals surface area contributed by atoms with Crippen LogP contribution in [0.4, 0.5) is 5.82 Å². The molecule has 4 fully saturated rings. The van der Waals surface area contributed by atoms with Crippen molar-refractivity contribution >= 4 is 17.6 Å². The van der Waals surface area contributed by atoms with Crippen molar-refractivity contribution in [3.8, 4) is 0 Å². The predicted octanol–water partition coefficient (Wildman–Crippen LogP) is 1.97. The van der Waals surface area contributed by atoms with Crippen LogP contribution in [0.15, 0.2) is 18.3 Å². The van der Waals surface area contributed by atoms with Crippen LogP contribution < -0.4 is 16.0 Å². The largest absolute Gasteiger partial charge is 0.355 e. The quantitative estimate of drug-likeness (QED) is 0.723. The molecule has 0 radical (unpaired) electrons. The summed E-state index contributed by atoms with van der Waals surface area (Å²) in [5.41, 5.74) is -0.0162. The average molecular weight is 398 g/mol. The summed E-state index contributed by atoms with van der Waals surface area (Å²) in [5.74, 6) is 1.03. The minimum absolute atomic E-state index is 0.00860. The van der Waals surface area contributed by atoms with Crippen molar-refractivity contribution in [2.24, 2.45) is 17.3 Å². The molecule has 2 bridgehead atoms. The van der Waals surface area contributed by atoms with Crippen LogP contribution in [0.3, 0.4) is 0 Å². The second-order valence-electron chi connectivity index (χ2n) is 9.64. The normalized spacial score (nSPS) is 35.8. The maximum absolute atomic E-state index is 13.1. The van der Waals surface area contributed by atoms with E-state index in [-0.39, 0.29) is 29.1 Å². The zero-order chi connectivity index (χ0) is 20.1. The Morgan fingerprint density at radius 3 is 2.97 bits per heavy atom. The van der Waals surface area contributed by atoms with Crippen LogP contribution in [0.5, 0.6) is 0 Å². The van der Waals surface area contributed by atoms with Gasteiger partial charge in [0.05, 0.1) is 5.56 Å². The van der Waals surface area contributed by atoms with E-state index in [1.54, 1.807) is 18.3 Å². The molecule has 3 saturated carbocycles. The third-order valence-corrected chi connectivity index (χ3v) is 7.78. The van der Waals surface area contributed by atoms with E-state index >= 15 is 0 Å². The molecule has 29 heavy (non-hydrogen) atoms. The summed E-state index contributed by atoms with van der Waals surface area (Å²) in [7, 11) is 0. The summed E-state index contributed by atoms with van der Waals surface area (Å²) in [6, 6.07) is 3.59. The topological polar surface area (TPSA) is 86.4 Å². The Morgan fingerprint density at radius 1 is 1.34 bits per heavy atom. The lowest BCUT2D eigenvalue weighted by molar-refractivity contribution is -0.139. The van der Waals surface area contributed by atoms with Gasteiger partial charge in [-0.05, 0) is 69.2 Å². The number of aromatic nitrogens is 1. The van der Waals surface area contributed by atoms with Crippen molar-refractivity contribution in [2.75, 3.05) is 31.5 Å². The standard InChI is InChI=1S/C22H31N5O2/c1-21-7-6-15(13-17(21)20(29)24-9-12-27-10-2-3-11-27)22(14-21)25-18-16(19(28)26-22)5-4-8-23-18/h4-5,8,15,17H,2-3,6-7,9-14H2,1H3,(H,23,25)(H,24,29)(H,26,28)/t15-,17+,21+,22-/m0/s1. The number of rotatable bonds is 4. The van der Waals surface area contributed by atoms with Gasteiger partial charge < -0.3 is 20.9 Å². The highest BCUT2D eigenvalue weighted by atomic mass is 16.2. The molecule has 7 nitrogen and oxygen atoms in total. The van der Waals surface area contributed by atoms with Gasteiger partial charge in [0.25, 0.3) is 5.91 Å². The first-order valence-corrected chi connectivity index (χ1v) is 11.0. The van der Waals surface area contributed by atoms with E-state index in [2.05, 4.69) is 32.8 Å². The van der Waals surface area contributed by atoms with Gasteiger partial charge in [-0.1, -0.05) is 6.92 Å². The van der Waals surface area contributed by atoms with Crippen LogP contribution in [0.1, 0.15) is 55.8 Å². The zero-order valence-corrected chi connectivity index (χ0v) is 17.2. The van der Waals surface area contributed by atoms with Crippen molar-refractivity contribution < 1.29 is 9.59 Å². The minimum Gasteiger partial charge on any atom is -0.355 e. The number of pyridine rings is 1. The third-order valence-electron chi connectivity index (χ3n) is 7.78. The smallest absolute Gasteiger partial charge is 0.256 e. The van der Waals surface area contributed by atoms with Crippen molar-refractivity contribution in [1.82, 2.24) is 20.5 Å². The summed E-state index contributed by atoms with van der Waals surface area (Å²) in [6.07, 6.45) is 7.87. The van der Waals surface area contributed by atoms with Crippen LogP contribution in [0.2, 0.25) is 0 Å². The van der Waals surface area contributed by atoms with Crippen LogP contribution in [-0.2, 0) is 4.79 Å². The lowest BCUT2D eigenvalue weighted by Crippen LogP contribution is -2.70. The molecule has 1 aromatic rings. The molecule has 6 rings (SSSR count). The summed E-state index contributed by atoms with van der Waals surface area (Å²) in [5, 5.41) is 10.0. The molecular weight excluding hydrogens is 366 g/mol. The van der Waals surface area contributed by atoms with E-state index in [0.717, 1.165) is 51.9 Å². The molecule has 3 N–H and O–H groups in total. The highest BCUT2D eigenvalue weighted by Gasteiger charge is 2.60. The van der Waals surface area contributed by atoms with Gasteiger partial charge in [-0.15, -0.1) is 0 Å². The Morgan fingerprint density at radius 2 is 2.17 bits per heavy atom. The van der Waals surface area contributed by atoms with E-state index in [1.165, 1.54) is 12.8 Å². The number of nitrogens with one attached hydrogen (secondary N) is 3. The van der Waals surface area contributed by atoms with Crippen LogP contribution in [0.25, 0.3) is 0 Å². The number of fused-ring (bicyclic) bond motifs is 3. The number of likely N-dealkylation sites (tertiary alicyclic amines) is 1. The van der Waals surface area contributed by atoms with Gasteiger partial charge in [0.1, 0.15) is 11.5 Å². The fourth-order valence-corrected chi connectivity index (χ4v) is 6.19. The lowest BCUT2D eigenvalue weighted by Gasteiger charge is -2.60. The highest BCUT2D eigenvalue weighted by Crippen LogP contribution is 2.58. The molecule has 1 saturated heterocycles. The van der Waals surface area contributed by atoms with Gasteiger partial charge in [-0.3, -0.25) is 9.59 Å². The summed E-state index contributed by atoms with van der Waals surface area (Å²) >= 11 is 0. The molecule has 2 aliphatic heterocycles. The fraction of sp³-hybridized carbons (Fsp3) is 0.682. The van der Waals surface area contributed by atoms with Gasteiger partial charge in [0, 0.05) is 31.1 Å². The molecular formula is C22H31N5O2. The van der Waals surface area contributed by atoms with E-state index in [4.69, 9.17) is 0 Å². The molecule has 2 amide bonds. The molecule has 7 heteroatoms. The molecule has 0 unspecified atom stereocenters.